The second-order valence-electron chi connectivity index (χ2n) is 12.5. The summed E-state index contributed by atoms with van der Waals surface area (Å²) in [5, 5.41) is 16.4. The Morgan fingerprint density at radius 3 is 2.77 bits per heavy atom. The lowest BCUT2D eigenvalue weighted by atomic mass is 9.95. The third-order valence-electron chi connectivity index (χ3n) is 9.94. The monoisotopic (exact) mass is 544 g/mol. The first-order valence-corrected chi connectivity index (χ1v) is 14.9. The molecule has 2 bridgehead atoms. The maximum Gasteiger partial charge on any atom is 0.318 e. The molecule has 0 aliphatic carbocycles. The summed E-state index contributed by atoms with van der Waals surface area (Å²) < 4.78 is 20.8. The summed E-state index contributed by atoms with van der Waals surface area (Å²) in [6.07, 6.45) is 5.04. The molecule has 4 atom stereocenters. The Bertz CT molecular complexity index is 1440. The molecular weight excluding hydrogens is 507 g/mol. The van der Waals surface area contributed by atoms with Gasteiger partial charge in [0.05, 0.1) is 17.8 Å². The molecule has 0 spiro atoms. The van der Waals surface area contributed by atoms with E-state index in [4.69, 9.17) is 14.7 Å². The Morgan fingerprint density at radius 1 is 1.05 bits per heavy atom. The van der Waals surface area contributed by atoms with E-state index in [0.29, 0.717) is 44.2 Å². The van der Waals surface area contributed by atoms with Crippen LogP contribution in [0.2, 0.25) is 0 Å². The van der Waals surface area contributed by atoms with Gasteiger partial charge in [-0.2, -0.15) is 9.97 Å². The fraction of sp³-hybridized carbons (Fsp3) is 0.548. The smallest absolute Gasteiger partial charge is 0.318 e. The molecule has 4 saturated heterocycles. The van der Waals surface area contributed by atoms with E-state index in [9.17, 15) is 9.50 Å². The van der Waals surface area contributed by atoms with Gasteiger partial charge in [0, 0.05) is 67.4 Å². The Morgan fingerprint density at radius 2 is 1.90 bits per heavy atom. The number of hydrogen-bond donors (Lipinski definition) is 2. The summed E-state index contributed by atoms with van der Waals surface area (Å²) in [5.41, 5.74) is 2.98. The number of aromatic hydroxyl groups is 1. The van der Waals surface area contributed by atoms with Gasteiger partial charge in [-0.05, 0) is 50.1 Å². The molecule has 5 aliphatic heterocycles. The Labute approximate surface area is 234 Å². The first-order chi connectivity index (χ1) is 19.5. The molecule has 40 heavy (non-hydrogen) atoms. The van der Waals surface area contributed by atoms with E-state index in [2.05, 4.69) is 26.1 Å². The van der Waals surface area contributed by atoms with E-state index >= 15 is 0 Å². The van der Waals surface area contributed by atoms with Gasteiger partial charge in [-0.1, -0.05) is 24.3 Å². The number of phenols is 1. The molecule has 210 valence electrons. The fourth-order valence-corrected chi connectivity index (χ4v) is 8.07. The molecule has 6 heterocycles. The molecule has 9 heteroatoms. The van der Waals surface area contributed by atoms with Crippen LogP contribution in [0.25, 0.3) is 10.8 Å². The average Bonchev–Trinajstić information content (AvgIpc) is 3.60. The highest BCUT2D eigenvalue weighted by molar-refractivity contribution is 5.95. The van der Waals surface area contributed by atoms with E-state index in [-0.39, 0.29) is 11.3 Å². The van der Waals surface area contributed by atoms with Crippen molar-refractivity contribution in [2.24, 2.45) is 0 Å². The normalized spacial score (nSPS) is 29.7. The number of fused-ring (bicyclic) bond motifs is 5. The predicted molar refractivity (Wildman–Crippen MR) is 153 cm³/mol. The van der Waals surface area contributed by atoms with Gasteiger partial charge < -0.3 is 25.0 Å². The van der Waals surface area contributed by atoms with Crippen molar-refractivity contribution in [3.05, 3.63) is 47.7 Å². The van der Waals surface area contributed by atoms with Gasteiger partial charge in [-0.3, -0.25) is 4.90 Å². The number of ether oxygens (including phenoxy) is 1. The molecule has 2 N–H and O–H groups in total. The summed E-state index contributed by atoms with van der Waals surface area (Å²) in [6, 6.07) is 13.3. The molecule has 0 amide bonds. The minimum Gasteiger partial charge on any atom is -0.508 e. The standard InChI is InChI=1S/C31H37FN6O2/c32-21-14-31(9-3-10-38(31)15-21)19-40-30-34-27-18-36(28-13-24(39)12-20-4-1-2-5-25(20)28)11-8-26(27)29(35-30)37-16-22-6-7-23(17-37)33-22/h1-2,4-5,12-13,21-23,33,39H,3,6-11,14-19H2/t21-,22?,23?,31+/m0/s1. The van der Waals surface area contributed by atoms with Crippen molar-refractivity contribution in [1.82, 2.24) is 20.2 Å². The largest absolute Gasteiger partial charge is 0.508 e. The third kappa shape index (κ3) is 4.16. The Balaban J connectivity index is 1.14. The number of phenolic OH excluding ortho intramolecular Hbond substituents is 1. The van der Waals surface area contributed by atoms with Crippen LogP contribution in [-0.4, -0.2) is 83.1 Å². The number of hydrogen-bond acceptors (Lipinski definition) is 8. The van der Waals surface area contributed by atoms with Crippen LogP contribution < -0.4 is 19.9 Å². The number of nitrogens with zero attached hydrogens (tertiary/aromatic N) is 5. The number of nitrogens with one attached hydrogen (secondary N) is 1. The second kappa shape index (κ2) is 9.45. The van der Waals surface area contributed by atoms with E-state index < -0.39 is 6.17 Å². The van der Waals surface area contributed by atoms with Crippen molar-refractivity contribution < 1.29 is 14.2 Å². The summed E-state index contributed by atoms with van der Waals surface area (Å²) in [6.45, 7) is 5.22. The van der Waals surface area contributed by atoms with Crippen LogP contribution in [0, 0.1) is 0 Å². The van der Waals surface area contributed by atoms with Gasteiger partial charge in [0.25, 0.3) is 0 Å². The van der Waals surface area contributed by atoms with Gasteiger partial charge in [-0.25, -0.2) is 4.39 Å². The number of halogens is 1. The molecule has 1 aromatic heterocycles. The molecule has 3 aromatic rings. The molecule has 2 unspecified atom stereocenters. The number of alkyl halides is 1. The van der Waals surface area contributed by atoms with E-state index in [1.54, 1.807) is 0 Å². The molecule has 0 saturated carbocycles. The molecule has 8 nitrogen and oxygen atoms in total. The molecule has 2 aromatic carbocycles. The molecule has 4 fully saturated rings. The SMILES string of the molecule is Oc1cc(N2CCc3c(nc(OC[C@]45CCCN4C[C@@H](F)C5)nc3N3CC4CCC(C3)N4)C2)c2ccccc2c1. The van der Waals surface area contributed by atoms with Crippen LogP contribution in [0.15, 0.2) is 36.4 Å². The minimum atomic E-state index is -0.786. The van der Waals surface area contributed by atoms with Gasteiger partial charge in [0.1, 0.15) is 24.3 Å². The van der Waals surface area contributed by atoms with Gasteiger partial charge >= 0.3 is 6.01 Å². The molecule has 5 aliphatic rings. The number of anilines is 2. The van der Waals surface area contributed by atoms with Crippen LogP contribution in [-0.2, 0) is 13.0 Å². The summed E-state index contributed by atoms with van der Waals surface area (Å²) in [5.74, 6) is 1.28. The van der Waals surface area contributed by atoms with Crippen LogP contribution in [0.3, 0.4) is 0 Å². The zero-order chi connectivity index (χ0) is 26.8. The van der Waals surface area contributed by atoms with Crippen LogP contribution in [0.4, 0.5) is 15.9 Å². The Hall–Kier alpha value is -3.17. The van der Waals surface area contributed by atoms with Crippen LogP contribution in [0.1, 0.15) is 43.4 Å². The summed E-state index contributed by atoms with van der Waals surface area (Å²) >= 11 is 0. The quantitative estimate of drug-likeness (QED) is 0.503. The van der Waals surface area contributed by atoms with Crippen molar-refractivity contribution in [2.75, 3.05) is 49.1 Å². The maximum atomic E-state index is 14.4. The van der Waals surface area contributed by atoms with Gasteiger partial charge in [0.15, 0.2) is 0 Å². The molecular formula is C31H37FN6O2. The lowest BCUT2D eigenvalue weighted by molar-refractivity contribution is 0.107. The average molecular weight is 545 g/mol. The maximum absolute atomic E-state index is 14.4. The highest BCUT2D eigenvalue weighted by atomic mass is 19.1. The lowest BCUT2D eigenvalue weighted by Gasteiger charge is -2.38. The number of rotatable bonds is 5. The van der Waals surface area contributed by atoms with E-state index in [1.807, 2.05) is 30.3 Å². The zero-order valence-corrected chi connectivity index (χ0v) is 22.9. The lowest BCUT2D eigenvalue weighted by Crippen LogP contribution is -2.52. The van der Waals surface area contributed by atoms with E-state index in [0.717, 1.165) is 73.4 Å². The Kier molecular flexibility index (Phi) is 5.81. The first kappa shape index (κ1) is 24.6. The number of piperazine rings is 1. The predicted octanol–water partition coefficient (Wildman–Crippen LogP) is 3.79. The van der Waals surface area contributed by atoms with Crippen molar-refractivity contribution in [3.63, 3.8) is 0 Å². The minimum absolute atomic E-state index is 0.237. The summed E-state index contributed by atoms with van der Waals surface area (Å²) in [4.78, 5) is 17.1. The van der Waals surface area contributed by atoms with Crippen molar-refractivity contribution in [1.29, 1.82) is 0 Å². The fourth-order valence-electron chi connectivity index (χ4n) is 8.07. The van der Waals surface area contributed by atoms with Crippen LogP contribution in [0.5, 0.6) is 11.8 Å². The van der Waals surface area contributed by atoms with Gasteiger partial charge in [-0.15, -0.1) is 0 Å². The topological polar surface area (TPSA) is 77.0 Å². The third-order valence-corrected chi connectivity index (χ3v) is 9.94. The second-order valence-corrected chi connectivity index (χ2v) is 12.5. The number of aromatic nitrogens is 2. The zero-order valence-electron chi connectivity index (χ0n) is 22.9. The van der Waals surface area contributed by atoms with Crippen molar-refractivity contribution in [2.45, 2.75) is 68.9 Å². The molecule has 0 radical (unpaired) electrons. The van der Waals surface area contributed by atoms with Crippen LogP contribution >= 0.6 is 0 Å². The highest BCUT2D eigenvalue weighted by Gasteiger charge is 2.49. The summed E-state index contributed by atoms with van der Waals surface area (Å²) in [7, 11) is 0. The highest BCUT2D eigenvalue weighted by Crippen LogP contribution is 2.41. The van der Waals surface area contributed by atoms with Crippen molar-refractivity contribution >= 4 is 22.3 Å². The number of benzene rings is 2. The molecule has 8 rings (SSSR count). The van der Waals surface area contributed by atoms with Gasteiger partial charge in [0.2, 0.25) is 0 Å². The van der Waals surface area contributed by atoms with Crippen molar-refractivity contribution in [3.8, 4) is 11.8 Å². The first-order valence-electron chi connectivity index (χ1n) is 14.9. The van der Waals surface area contributed by atoms with E-state index in [1.165, 1.54) is 18.4 Å².